The van der Waals surface area contributed by atoms with E-state index in [9.17, 15) is 0 Å². The highest BCUT2D eigenvalue weighted by Gasteiger charge is 2.13. The number of fused-ring (bicyclic) bond motifs is 1. The summed E-state index contributed by atoms with van der Waals surface area (Å²) >= 11 is 0. The summed E-state index contributed by atoms with van der Waals surface area (Å²) in [5.74, 6) is 0. The summed E-state index contributed by atoms with van der Waals surface area (Å²) in [5, 5.41) is 2.52. The summed E-state index contributed by atoms with van der Waals surface area (Å²) < 4.78 is 0. The van der Waals surface area contributed by atoms with Gasteiger partial charge in [-0.2, -0.15) is 0 Å². The highest BCUT2D eigenvalue weighted by atomic mass is 14.2. The van der Waals surface area contributed by atoms with Crippen molar-refractivity contribution in [3.05, 3.63) is 145 Å². The van der Waals surface area contributed by atoms with E-state index in [1.165, 1.54) is 33.0 Å². The smallest absolute Gasteiger partial charge is 0.00852 e. The third kappa shape index (κ3) is 5.29. The largest absolute Gasteiger partial charge is 0.0991 e. The molecule has 3 aromatic carbocycles. The maximum atomic E-state index is 4.37. The second-order valence-corrected chi connectivity index (χ2v) is 7.70. The van der Waals surface area contributed by atoms with Crippen molar-refractivity contribution < 1.29 is 0 Å². The van der Waals surface area contributed by atoms with Gasteiger partial charge in [0, 0.05) is 0 Å². The highest BCUT2D eigenvalue weighted by molar-refractivity contribution is 5.96. The van der Waals surface area contributed by atoms with Gasteiger partial charge in [0.15, 0.2) is 0 Å². The average Bonchev–Trinajstić information content (AvgIpc) is 2.81. The van der Waals surface area contributed by atoms with Gasteiger partial charge in [-0.1, -0.05) is 117 Å². The SMILES string of the molecule is C=C/C=C\C/C(=C(\C)C(=C)/C=C\C(=C)c1ccccc1)c1c(C)ccc2ccccc12. The topological polar surface area (TPSA) is 0 Å². The molecule has 0 N–H and O–H groups in total. The molecule has 0 nitrogen and oxygen atoms in total. The molecule has 0 atom stereocenters. The van der Waals surface area contributed by atoms with Crippen LogP contribution in [0.25, 0.3) is 21.9 Å². The molecule has 0 heteroatoms. The Balaban J connectivity index is 2.05. The molecule has 0 fully saturated rings. The molecule has 0 aliphatic carbocycles. The van der Waals surface area contributed by atoms with Crippen molar-refractivity contribution >= 4 is 21.9 Å². The second-order valence-electron chi connectivity index (χ2n) is 7.70. The fraction of sp³-hybridized carbons (Fsp3) is 0.0968. The average molecular weight is 403 g/mol. The molecule has 154 valence electrons. The van der Waals surface area contributed by atoms with Gasteiger partial charge >= 0.3 is 0 Å². The Hall–Kier alpha value is -3.64. The molecule has 0 spiro atoms. The second kappa shape index (κ2) is 10.4. The maximum Gasteiger partial charge on any atom is -0.00852 e. The van der Waals surface area contributed by atoms with E-state index in [-0.39, 0.29) is 0 Å². The monoisotopic (exact) mass is 402 g/mol. The predicted octanol–water partition coefficient (Wildman–Crippen LogP) is 8.88. The molecule has 0 heterocycles. The number of hydrogen-bond acceptors (Lipinski definition) is 0. The van der Waals surface area contributed by atoms with Crippen LogP contribution in [0.3, 0.4) is 0 Å². The third-order valence-corrected chi connectivity index (χ3v) is 5.60. The van der Waals surface area contributed by atoms with Crippen molar-refractivity contribution in [2.75, 3.05) is 0 Å². The maximum absolute atomic E-state index is 4.37. The fourth-order valence-corrected chi connectivity index (χ4v) is 3.77. The lowest BCUT2D eigenvalue weighted by atomic mass is 9.87. The molecule has 0 aliphatic heterocycles. The number of aryl methyl sites for hydroxylation is 1. The van der Waals surface area contributed by atoms with Crippen molar-refractivity contribution in [2.45, 2.75) is 20.3 Å². The normalized spacial score (nSPS) is 12.3. The fourth-order valence-electron chi connectivity index (χ4n) is 3.77. The summed E-state index contributed by atoms with van der Waals surface area (Å²) in [6.45, 7) is 16.7. The summed E-state index contributed by atoms with van der Waals surface area (Å²) in [7, 11) is 0. The van der Waals surface area contributed by atoms with E-state index < -0.39 is 0 Å². The molecule has 0 aromatic heterocycles. The Bertz CT molecular complexity index is 1200. The molecule has 3 rings (SSSR count). The van der Waals surface area contributed by atoms with Crippen molar-refractivity contribution in [1.29, 1.82) is 0 Å². The van der Waals surface area contributed by atoms with Gasteiger partial charge in [-0.05, 0) is 70.0 Å². The number of allylic oxidation sites excluding steroid dienone is 9. The van der Waals surface area contributed by atoms with Crippen LogP contribution in [-0.4, -0.2) is 0 Å². The van der Waals surface area contributed by atoms with E-state index in [1.54, 1.807) is 0 Å². The minimum Gasteiger partial charge on any atom is -0.0991 e. The van der Waals surface area contributed by atoms with Crippen LogP contribution in [0.5, 0.6) is 0 Å². The van der Waals surface area contributed by atoms with Gasteiger partial charge in [0.05, 0.1) is 0 Å². The van der Waals surface area contributed by atoms with Crippen molar-refractivity contribution in [3.8, 4) is 0 Å². The molecule has 0 aliphatic rings. The molecule has 0 saturated heterocycles. The summed E-state index contributed by atoms with van der Waals surface area (Å²) in [4.78, 5) is 0. The van der Waals surface area contributed by atoms with E-state index in [2.05, 4.69) is 94.3 Å². The van der Waals surface area contributed by atoms with Crippen LogP contribution < -0.4 is 0 Å². The molecule has 3 aromatic rings. The van der Waals surface area contributed by atoms with Crippen molar-refractivity contribution in [1.82, 2.24) is 0 Å². The van der Waals surface area contributed by atoms with Gasteiger partial charge in [0.2, 0.25) is 0 Å². The first-order valence-electron chi connectivity index (χ1n) is 10.6. The molecule has 0 amide bonds. The first-order valence-corrected chi connectivity index (χ1v) is 10.6. The van der Waals surface area contributed by atoms with E-state index in [0.717, 1.165) is 23.1 Å². The highest BCUT2D eigenvalue weighted by Crippen LogP contribution is 2.35. The predicted molar refractivity (Wildman–Crippen MR) is 139 cm³/mol. The number of benzene rings is 3. The van der Waals surface area contributed by atoms with Crippen molar-refractivity contribution in [2.24, 2.45) is 0 Å². The van der Waals surface area contributed by atoms with Crippen LogP contribution in [-0.2, 0) is 0 Å². The summed E-state index contributed by atoms with van der Waals surface area (Å²) in [5.41, 5.74) is 8.12. The minimum atomic E-state index is 0.819. The number of hydrogen-bond donors (Lipinski definition) is 0. The van der Waals surface area contributed by atoms with E-state index in [0.29, 0.717) is 0 Å². The summed E-state index contributed by atoms with van der Waals surface area (Å²) in [6, 6.07) is 23.2. The van der Waals surface area contributed by atoms with Crippen LogP contribution in [0.15, 0.2) is 128 Å². The molecule has 0 saturated carbocycles. The van der Waals surface area contributed by atoms with E-state index in [1.807, 2.05) is 36.4 Å². The van der Waals surface area contributed by atoms with Crippen LogP contribution >= 0.6 is 0 Å². The van der Waals surface area contributed by atoms with E-state index in [4.69, 9.17) is 0 Å². The zero-order valence-corrected chi connectivity index (χ0v) is 18.6. The molecule has 0 bridgehead atoms. The first kappa shape index (κ1) is 22.1. The van der Waals surface area contributed by atoms with Gasteiger partial charge in [-0.25, -0.2) is 0 Å². The molecule has 0 radical (unpaired) electrons. The molecular weight excluding hydrogens is 372 g/mol. The van der Waals surface area contributed by atoms with Crippen molar-refractivity contribution in [3.63, 3.8) is 0 Å². The van der Waals surface area contributed by atoms with Gasteiger partial charge in [0.1, 0.15) is 0 Å². The lowest BCUT2D eigenvalue weighted by molar-refractivity contribution is 1.30. The molecular formula is C31H30. The zero-order valence-electron chi connectivity index (χ0n) is 18.6. The quantitative estimate of drug-likeness (QED) is 0.330. The lowest BCUT2D eigenvalue weighted by Gasteiger charge is -2.17. The van der Waals surface area contributed by atoms with Gasteiger partial charge < -0.3 is 0 Å². The summed E-state index contributed by atoms with van der Waals surface area (Å²) in [6.07, 6.45) is 10.9. The first-order chi connectivity index (χ1) is 15.0. The van der Waals surface area contributed by atoms with Gasteiger partial charge in [0.25, 0.3) is 0 Å². The number of rotatable bonds is 8. The van der Waals surface area contributed by atoms with Crippen LogP contribution in [0.1, 0.15) is 30.0 Å². The van der Waals surface area contributed by atoms with Gasteiger partial charge in [-0.15, -0.1) is 0 Å². The van der Waals surface area contributed by atoms with Gasteiger partial charge in [-0.3, -0.25) is 0 Å². The Morgan fingerprint density at radius 2 is 1.58 bits per heavy atom. The van der Waals surface area contributed by atoms with Crippen LogP contribution in [0.2, 0.25) is 0 Å². The Morgan fingerprint density at radius 3 is 2.32 bits per heavy atom. The Kier molecular flexibility index (Phi) is 7.40. The Labute approximate surface area is 187 Å². The van der Waals surface area contributed by atoms with Crippen LogP contribution in [0.4, 0.5) is 0 Å². The zero-order chi connectivity index (χ0) is 22.2. The molecule has 31 heavy (non-hydrogen) atoms. The standard InChI is InChI=1S/C31H30/c1-6-7-9-17-29(31-25(4)21-22-28-16-12-13-18-30(28)31)26(5)23(2)19-20-24(3)27-14-10-8-11-15-27/h6-16,18-22H,1-3,17H2,4-5H3/b9-7-,20-19-,29-26-. The van der Waals surface area contributed by atoms with Crippen LogP contribution in [0, 0.1) is 6.92 Å². The Morgan fingerprint density at radius 1 is 0.871 bits per heavy atom. The molecule has 0 unspecified atom stereocenters. The minimum absolute atomic E-state index is 0.819. The third-order valence-electron chi connectivity index (χ3n) is 5.60. The van der Waals surface area contributed by atoms with E-state index >= 15 is 0 Å². The lowest BCUT2D eigenvalue weighted by Crippen LogP contribution is -1.96.